The first-order valence-electron chi connectivity index (χ1n) is 5.72. The van der Waals surface area contributed by atoms with Crippen molar-refractivity contribution in [2.45, 2.75) is 11.5 Å². The van der Waals surface area contributed by atoms with Crippen molar-refractivity contribution in [1.29, 1.82) is 0 Å². The Morgan fingerprint density at radius 1 is 1.06 bits per heavy atom. The van der Waals surface area contributed by atoms with Crippen LogP contribution in [0.4, 0.5) is 0 Å². The number of rotatable bonds is 5. The fraction of sp³-hybridized carbons (Fsp3) is 0.200. The van der Waals surface area contributed by atoms with Crippen LogP contribution in [-0.2, 0) is 6.61 Å². The van der Waals surface area contributed by atoms with E-state index in [4.69, 9.17) is 9.47 Å². The van der Waals surface area contributed by atoms with Crippen molar-refractivity contribution in [3.8, 4) is 11.5 Å². The van der Waals surface area contributed by atoms with Crippen LogP contribution in [0.1, 0.15) is 5.56 Å². The highest BCUT2D eigenvalue weighted by Gasteiger charge is 2.04. The highest BCUT2D eigenvalue weighted by Crippen LogP contribution is 2.31. The second-order valence-corrected chi connectivity index (χ2v) is 4.64. The van der Waals surface area contributed by atoms with Gasteiger partial charge in [0.25, 0.3) is 0 Å². The molecule has 0 radical (unpaired) electrons. The third-order valence-corrected chi connectivity index (χ3v) is 3.38. The first-order chi connectivity index (χ1) is 8.83. The largest absolute Gasteiger partial charge is 0.495 e. The topological polar surface area (TPSA) is 18.5 Å². The average molecular weight is 260 g/mol. The summed E-state index contributed by atoms with van der Waals surface area (Å²) in [4.78, 5) is 1.12. The zero-order valence-corrected chi connectivity index (χ0v) is 11.4. The molecule has 94 valence electrons. The van der Waals surface area contributed by atoms with E-state index in [1.54, 1.807) is 18.9 Å². The Bertz CT molecular complexity index is 497. The van der Waals surface area contributed by atoms with Gasteiger partial charge in [0.05, 0.1) is 7.11 Å². The van der Waals surface area contributed by atoms with Crippen LogP contribution < -0.4 is 9.47 Å². The smallest absolute Gasteiger partial charge is 0.136 e. The first-order valence-corrected chi connectivity index (χ1v) is 6.94. The molecule has 0 atom stereocenters. The molecule has 0 aliphatic carbocycles. The molecule has 0 aliphatic rings. The molecule has 0 aliphatic heterocycles. The third kappa shape index (κ3) is 3.20. The van der Waals surface area contributed by atoms with Gasteiger partial charge < -0.3 is 9.47 Å². The monoisotopic (exact) mass is 260 g/mol. The van der Waals surface area contributed by atoms with Crippen molar-refractivity contribution in [3.05, 3.63) is 54.1 Å². The van der Waals surface area contributed by atoms with Crippen LogP contribution in [0, 0.1) is 0 Å². The maximum atomic E-state index is 5.74. The van der Waals surface area contributed by atoms with Gasteiger partial charge in [0.15, 0.2) is 0 Å². The molecule has 0 bridgehead atoms. The Labute approximate surface area is 112 Å². The fourth-order valence-corrected chi connectivity index (χ4v) is 2.19. The van der Waals surface area contributed by atoms with Gasteiger partial charge in [-0.15, -0.1) is 11.8 Å². The Kier molecular flexibility index (Phi) is 4.53. The van der Waals surface area contributed by atoms with Crippen LogP contribution in [-0.4, -0.2) is 13.4 Å². The van der Waals surface area contributed by atoms with E-state index >= 15 is 0 Å². The van der Waals surface area contributed by atoms with E-state index in [9.17, 15) is 0 Å². The molecule has 3 heteroatoms. The molecule has 18 heavy (non-hydrogen) atoms. The fourth-order valence-electron chi connectivity index (χ4n) is 1.65. The number of hydrogen-bond donors (Lipinski definition) is 0. The van der Waals surface area contributed by atoms with Crippen molar-refractivity contribution >= 4 is 11.8 Å². The molecule has 0 saturated carbocycles. The molecule has 0 amide bonds. The Morgan fingerprint density at radius 2 is 1.83 bits per heavy atom. The Balaban J connectivity index is 2.06. The van der Waals surface area contributed by atoms with E-state index in [1.165, 1.54) is 0 Å². The average Bonchev–Trinajstić information content (AvgIpc) is 2.45. The van der Waals surface area contributed by atoms with E-state index in [-0.39, 0.29) is 0 Å². The first kappa shape index (κ1) is 12.8. The normalized spacial score (nSPS) is 10.1. The lowest BCUT2D eigenvalue weighted by atomic mass is 10.2. The molecule has 0 N–H and O–H groups in total. The molecule has 0 aromatic heterocycles. The van der Waals surface area contributed by atoms with E-state index < -0.39 is 0 Å². The number of ether oxygens (including phenoxy) is 2. The number of hydrogen-bond acceptors (Lipinski definition) is 3. The van der Waals surface area contributed by atoms with E-state index in [0.717, 1.165) is 22.0 Å². The molecule has 2 rings (SSSR count). The van der Waals surface area contributed by atoms with Crippen molar-refractivity contribution in [1.82, 2.24) is 0 Å². The van der Waals surface area contributed by atoms with Crippen molar-refractivity contribution < 1.29 is 9.47 Å². The Hall–Kier alpha value is -1.61. The summed E-state index contributed by atoms with van der Waals surface area (Å²) in [5.41, 5.74) is 1.16. The highest BCUT2D eigenvalue weighted by molar-refractivity contribution is 7.98. The quantitative estimate of drug-likeness (QED) is 0.757. The summed E-state index contributed by atoms with van der Waals surface area (Å²) in [6, 6.07) is 16.0. The van der Waals surface area contributed by atoms with E-state index in [2.05, 4.69) is 0 Å². The maximum Gasteiger partial charge on any atom is 0.136 e. The number of methoxy groups -OCH3 is 1. The molecule has 0 unspecified atom stereocenters. The van der Waals surface area contributed by atoms with Gasteiger partial charge >= 0.3 is 0 Å². The van der Waals surface area contributed by atoms with Gasteiger partial charge in [0, 0.05) is 11.0 Å². The molecular weight excluding hydrogens is 244 g/mol. The zero-order valence-electron chi connectivity index (χ0n) is 10.6. The van der Waals surface area contributed by atoms with Gasteiger partial charge in [0.1, 0.15) is 18.1 Å². The maximum absolute atomic E-state index is 5.74. The molecule has 2 aromatic carbocycles. The van der Waals surface area contributed by atoms with Crippen LogP contribution >= 0.6 is 11.8 Å². The molecular formula is C15H16O2S. The van der Waals surface area contributed by atoms with Gasteiger partial charge in [-0.05, 0) is 24.0 Å². The summed E-state index contributed by atoms with van der Waals surface area (Å²) >= 11 is 1.66. The predicted molar refractivity (Wildman–Crippen MR) is 75.5 cm³/mol. The zero-order chi connectivity index (χ0) is 12.8. The minimum absolute atomic E-state index is 0.572. The van der Waals surface area contributed by atoms with Crippen LogP contribution in [0.3, 0.4) is 0 Å². The highest BCUT2D eigenvalue weighted by atomic mass is 32.2. The van der Waals surface area contributed by atoms with E-state index in [1.807, 2.05) is 54.8 Å². The second kappa shape index (κ2) is 6.36. The van der Waals surface area contributed by atoms with Crippen LogP contribution in [0.25, 0.3) is 0 Å². The predicted octanol–water partition coefficient (Wildman–Crippen LogP) is 4.00. The standard InChI is InChI=1S/C15H16O2S/c1-16-14-10-13(8-9-15(14)18-2)17-11-12-6-4-3-5-7-12/h3-10H,11H2,1-2H3. The van der Waals surface area contributed by atoms with Gasteiger partial charge in [-0.3, -0.25) is 0 Å². The second-order valence-electron chi connectivity index (χ2n) is 3.79. The summed E-state index contributed by atoms with van der Waals surface area (Å²) in [6.45, 7) is 0.572. The lowest BCUT2D eigenvalue weighted by Crippen LogP contribution is -1.95. The SMILES string of the molecule is COc1cc(OCc2ccccc2)ccc1SC. The number of benzene rings is 2. The molecule has 2 aromatic rings. The van der Waals surface area contributed by atoms with E-state index in [0.29, 0.717) is 6.61 Å². The van der Waals surface area contributed by atoms with Crippen LogP contribution in [0.15, 0.2) is 53.4 Å². The summed E-state index contributed by atoms with van der Waals surface area (Å²) in [7, 11) is 1.68. The molecule has 0 heterocycles. The van der Waals surface area contributed by atoms with Crippen molar-refractivity contribution in [2.75, 3.05) is 13.4 Å². The Morgan fingerprint density at radius 3 is 2.50 bits per heavy atom. The van der Waals surface area contributed by atoms with Crippen molar-refractivity contribution in [2.24, 2.45) is 0 Å². The molecule has 0 saturated heterocycles. The molecule has 0 spiro atoms. The minimum Gasteiger partial charge on any atom is -0.495 e. The van der Waals surface area contributed by atoms with Crippen LogP contribution in [0.5, 0.6) is 11.5 Å². The van der Waals surface area contributed by atoms with Gasteiger partial charge in [-0.1, -0.05) is 30.3 Å². The summed E-state index contributed by atoms with van der Waals surface area (Å²) in [5.74, 6) is 1.68. The van der Waals surface area contributed by atoms with Gasteiger partial charge in [-0.2, -0.15) is 0 Å². The lowest BCUT2D eigenvalue weighted by molar-refractivity contribution is 0.303. The molecule has 2 nitrogen and oxygen atoms in total. The van der Waals surface area contributed by atoms with Crippen LogP contribution in [0.2, 0.25) is 0 Å². The number of thioether (sulfide) groups is 1. The third-order valence-electron chi connectivity index (χ3n) is 2.60. The molecule has 0 fully saturated rings. The van der Waals surface area contributed by atoms with Crippen molar-refractivity contribution in [3.63, 3.8) is 0 Å². The lowest BCUT2D eigenvalue weighted by Gasteiger charge is -2.10. The summed E-state index contributed by atoms with van der Waals surface area (Å²) < 4.78 is 11.1. The summed E-state index contributed by atoms with van der Waals surface area (Å²) in [5, 5.41) is 0. The minimum atomic E-state index is 0.572. The van der Waals surface area contributed by atoms with Gasteiger partial charge in [-0.25, -0.2) is 0 Å². The summed E-state index contributed by atoms with van der Waals surface area (Å²) in [6.07, 6.45) is 2.03. The van der Waals surface area contributed by atoms with Gasteiger partial charge in [0.2, 0.25) is 0 Å².